The van der Waals surface area contributed by atoms with E-state index in [9.17, 15) is 12.8 Å². The molecule has 2 aliphatic heterocycles. The average molecular weight is 411 g/mol. The molecule has 0 amide bonds. The predicted octanol–water partition coefficient (Wildman–Crippen LogP) is 3.75. The van der Waals surface area contributed by atoms with Crippen molar-refractivity contribution in [2.75, 3.05) is 16.4 Å². The molecule has 0 aromatic heterocycles. The maximum absolute atomic E-state index is 13.1. The fourth-order valence-corrected chi connectivity index (χ4v) is 6.40. The molecule has 0 aliphatic carbocycles. The molecular formula is C18H16ClFN2O2S2. The minimum absolute atomic E-state index is 0.0787. The molecule has 2 aromatic rings. The fourth-order valence-electron chi connectivity index (χ4n) is 3.29. The molecule has 0 radical (unpaired) electrons. The van der Waals surface area contributed by atoms with Gasteiger partial charge in [-0.25, -0.2) is 12.8 Å². The summed E-state index contributed by atoms with van der Waals surface area (Å²) in [5.74, 6) is 0.531. The number of anilines is 1. The summed E-state index contributed by atoms with van der Waals surface area (Å²) >= 11 is 7.65. The zero-order chi connectivity index (χ0) is 18.3. The van der Waals surface area contributed by atoms with E-state index in [0.717, 1.165) is 16.4 Å². The Labute approximate surface area is 161 Å². The van der Waals surface area contributed by atoms with Crippen molar-refractivity contribution in [3.8, 4) is 0 Å². The molecule has 2 aliphatic rings. The quantitative estimate of drug-likeness (QED) is 0.773. The molecule has 0 N–H and O–H groups in total. The number of hydrogen-bond donors (Lipinski definition) is 0. The highest BCUT2D eigenvalue weighted by Crippen LogP contribution is 2.36. The lowest BCUT2D eigenvalue weighted by Gasteiger charge is -2.26. The Morgan fingerprint density at radius 3 is 2.69 bits per heavy atom. The Balaban J connectivity index is 1.61. The maximum atomic E-state index is 13.1. The number of thioether (sulfide) groups is 1. The first-order valence-electron chi connectivity index (χ1n) is 8.11. The van der Waals surface area contributed by atoms with Gasteiger partial charge in [-0.05, 0) is 35.9 Å². The second kappa shape index (κ2) is 6.87. The SMILES string of the molecule is O=S1(=O)C[C@@H]2[C@@H](C1)N=C(SCc1ccc(F)cc1)N2c1cccc(Cl)c1. The van der Waals surface area contributed by atoms with Gasteiger partial charge in [0.25, 0.3) is 0 Å². The van der Waals surface area contributed by atoms with E-state index in [0.29, 0.717) is 10.8 Å². The third-order valence-electron chi connectivity index (χ3n) is 4.48. The van der Waals surface area contributed by atoms with Crippen LogP contribution in [0.15, 0.2) is 53.5 Å². The van der Waals surface area contributed by atoms with E-state index in [-0.39, 0.29) is 29.4 Å². The van der Waals surface area contributed by atoms with E-state index < -0.39 is 9.84 Å². The molecule has 1 saturated heterocycles. The van der Waals surface area contributed by atoms with Crippen LogP contribution >= 0.6 is 23.4 Å². The van der Waals surface area contributed by atoms with Crippen LogP contribution in [0.3, 0.4) is 0 Å². The van der Waals surface area contributed by atoms with Crippen LogP contribution in [0.5, 0.6) is 0 Å². The summed E-state index contributed by atoms with van der Waals surface area (Å²) < 4.78 is 37.2. The van der Waals surface area contributed by atoms with Crippen LogP contribution in [-0.4, -0.2) is 37.2 Å². The van der Waals surface area contributed by atoms with Crippen LogP contribution in [0.25, 0.3) is 0 Å². The van der Waals surface area contributed by atoms with Gasteiger partial charge in [0.05, 0.1) is 23.6 Å². The molecule has 4 nitrogen and oxygen atoms in total. The van der Waals surface area contributed by atoms with Crippen LogP contribution in [0.2, 0.25) is 5.02 Å². The average Bonchev–Trinajstić information content (AvgIpc) is 3.05. The number of halogens is 2. The van der Waals surface area contributed by atoms with Crippen molar-refractivity contribution in [1.82, 2.24) is 0 Å². The van der Waals surface area contributed by atoms with Gasteiger partial charge in [0.15, 0.2) is 15.0 Å². The summed E-state index contributed by atoms with van der Waals surface area (Å²) in [6.45, 7) is 0. The first kappa shape index (κ1) is 17.8. The largest absolute Gasteiger partial charge is 0.315 e. The van der Waals surface area contributed by atoms with Gasteiger partial charge in [-0.3, -0.25) is 4.99 Å². The van der Waals surface area contributed by atoms with Crippen LogP contribution in [0.4, 0.5) is 10.1 Å². The van der Waals surface area contributed by atoms with E-state index in [1.807, 2.05) is 23.1 Å². The number of nitrogens with zero attached hydrogens (tertiary/aromatic N) is 2. The summed E-state index contributed by atoms with van der Waals surface area (Å²) in [5.41, 5.74) is 1.82. The highest BCUT2D eigenvalue weighted by Gasteiger charge is 2.47. The number of fused-ring (bicyclic) bond motifs is 1. The standard InChI is InChI=1S/C18H16ClFN2O2S2/c19-13-2-1-3-15(8-13)22-17-11-26(23,24)10-16(17)21-18(22)25-9-12-4-6-14(20)7-5-12/h1-8,16-17H,9-11H2/t16-,17-/m1/s1. The lowest BCUT2D eigenvalue weighted by Crippen LogP contribution is -2.39. The summed E-state index contributed by atoms with van der Waals surface area (Å²) in [6.07, 6.45) is 0. The Morgan fingerprint density at radius 1 is 1.19 bits per heavy atom. The molecule has 2 atom stereocenters. The monoisotopic (exact) mass is 410 g/mol. The van der Waals surface area contributed by atoms with Gasteiger partial charge in [-0.1, -0.05) is 41.6 Å². The summed E-state index contributed by atoms with van der Waals surface area (Å²) in [4.78, 5) is 6.66. The van der Waals surface area contributed by atoms with E-state index in [1.54, 1.807) is 18.2 Å². The minimum atomic E-state index is -3.08. The number of benzene rings is 2. The second-order valence-corrected chi connectivity index (χ2v) is 9.92. The molecule has 1 fully saturated rings. The van der Waals surface area contributed by atoms with E-state index >= 15 is 0 Å². The first-order chi connectivity index (χ1) is 12.4. The van der Waals surface area contributed by atoms with Gasteiger partial charge in [-0.2, -0.15) is 0 Å². The van der Waals surface area contributed by atoms with Gasteiger partial charge in [0.2, 0.25) is 0 Å². The van der Waals surface area contributed by atoms with Gasteiger partial charge in [0, 0.05) is 16.5 Å². The maximum Gasteiger partial charge on any atom is 0.164 e. The Hall–Kier alpha value is -1.57. The van der Waals surface area contributed by atoms with Crippen molar-refractivity contribution in [1.29, 1.82) is 0 Å². The zero-order valence-corrected chi connectivity index (χ0v) is 16.1. The molecule has 4 rings (SSSR count). The summed E-state index contributed by atoms with van der Waals surface area (Å²) in [6, 6.07) is 13.3. The molecule has 0 saturated carbocycles. The first-order valence-corrected chi connectivity index (χ1v) is 11.3. The van der Waals surface area contributed by atoms with Crippen molar-refractivity contribution in [2.45, 2.75) is 17.8 Å². The zero-order valence-electron chi connectivity index (χ0n) is 13.7. The molecule has 136 valence electrons. The number of aliphatic imine (C=N–C) groups is 1. The van der Waals surface area contributed by atoms with Crippen molar-refractivity contribution >= 4 is 44.1 Å². The van der Waals surface area contributed by atoms with Crippen LogP contribution < -0.4 is 4.90 Å². The van der Waals surface area contributed by atoms with E-state index in [2.05, 4.69) is 4.99 Å². The number of sulfone groups is 1. The predicted molar refractivity (Wildman–Crippen MR) is 105 cm³/mol. The Bertz CT molecular complexity index is 963. The topological polar surface area (TPSA) is 49.7 Å². The Kier molecular flexibility index (Phi) is 4.71. The van der Waals surface area contributed by atoms with E-state index in [4.69, 9.17) is 11.6 Å². The molecule has 0 bridgehead atoms. The lowest BCUT2D eigenvalue weighted by molar-refractivity contribution is 0.601. The summed E-state index contributed by atoms with van der Waals surface area (Å²) in [5, 5.41) is 1.37. The molecule has 2 aromatic carbocycles. The van der Waals surface area contributed by atoms with Crippen LogP contribution in [0.1, 0.15) is 5.56 Å². The van der Waals surface area contributed by atoms with Gasteiger partial charge in [0.1, 0.15) is 5.82 Å². The highest BCUT2D eigenvalue weighted by atomic mass is 35.5. The van der Waals surface area contributed by atoms with Crippen molar-refractivity contribution in [2.24, 2.45) is 4.99 Å². The second-order valence-electron chi connectivity index (χ2n) is 6.39. The number of hydrogen-bond acceptors (Lipinski definition) is 5. The van der Waals surface area contributed by atoms with Gasteiger partial charge < -0.3 is 4.90 Å². The van der Waals surface area contributed by atoms with E-state index in [1.165, 1.54) is 23.9 Å². The summed E-state index contributed by atoms with van der Waals surface area (Å²) in [7, 11) is -3.08. The molecule has 0 spiro atoms. The lowest BCUT2D eigenvalue weighted by atomic mass is 10.1. The smallest absolute Gasteiger partial charge is 0.164 e. The highest BCUT2D eigenvalue weighted by molar-refractivity contribution is 8.13. The van der Waals surface area contributed by atoms with Crippen LogP contribution in [-0.2, 0) is 15.6 Å². The van der Waals surface area contributed by atoms with Gasteiger partial charge >= 0.3 is 0 Å². The van der Waals surface area contributed by atoms with Crippen molar-refractivity contribution in [3.05, 3.63) is 64.9 Å². The number of rotatable bonds is 3. The van der Waals surface area contributed by atoms with Gasteiger partial charge in [-0.15, -0.1) is 0 Å². The molecule has 8 heteroatoms. The third-order valence-corrected chi connectivity index (χ3v) is 7.45. The van der Waals surface area contributed by atoms with Crippen molar-refractivity contribution in [3.63, 3.8) is 0 Å². The third kappa shape index (κ3) is 3.61. The van der Waals surface area contributed by atoms with Crippen molar-refractivity contribution < 1.29 is 12.8 Å². The fraction of sp³-hybridized carbons (Fsp3) is 0.278. The Morgan fingerprint density at radius 2 is 1.96 bits per heavy atom. The normalized spacial score (nSPS) is 23.8. The molecular weight excluding hydrogens is 395 g/mol. The molecule has 0 unspecified atom stereocenters. The number of amidine groups is 1. The minimum Gasteiger partial charge on any atom is -0.315 e. The van der Waals surface area contributed by atoms with Crippen LogP contribution in [0, 0.1) is 5.82 Å². The molecule has 2 heterocycles. The molecule has 26 heavy (non-hydrogen) atoms.